The Hall–Kier alpha value is -3.62. The first-order chi connectivity index (χ1) is 14.7. The van der Waals surface area contributed by atoms with E-state index < -0.39 is 41.4 Å². The zero-order valence-corrected chi connectivity index (χ0v) is 16.6. The van der Waals surface area contributed by atoms with E-state index in [1.807, 2.05) is 0 Å². The lowest BCUT2D eigenvalue weighted by molar-refractivity contribution is -0.130. The van der Waals surface area contributed by atoms with Crippen LogP contribution in [0.2, 0.25) is 0 Å². The number of carbonyl (C=O) groups is 4. The fraction of sp³-hybridized carbons (Fsp3) is 0.273. The summed E-state index contributed by atoms with van der Waals surface area (Å²) in [6.07, 6.45) is 1.63. The van der Waals surface area contributed by atoms with Gasteiger partial charge in [-0.3, -0.25) is 19.3 Å². The van der Waals surface area contributed by atoms with E-state index in [2.05, 4.69) is 10.6 Å². The highest BCUT2D eigenvalue weighted by molar-refractivity contribution is 6.11. The van der Waals surface area contributed by atoms with E-state index in [0.29, 0.717) is 29.8 Å². The van der Waals surface area contributed by atoms with Gasteiger partial charge in [0.1, 0.15) is 17.2 Å². The van der Waals surface area contributed by atoms with Crippen molar-refractivity contribution < 1.29 is 28.0 Å². The van der Waals surface area contributed by atoms with Gasteiger partial charge in [-0.2, -0.15) is 0 Å². The molecule has 0 saturated carbocycles. The van der Waals surface area contributed by atoms with Gasteiger partial charge in [0, 0.05) is 23.2 Å². The Labute approximate surface area is 176 Å². The number of amides is 4. The summed E-state index contributed by atoms with van der Waals surface area (Å²) in [5, 5.41) is 5.13. The van der Waals surface area contributed by atoms with E-state index in [0.717, 1.165) is 23.8 Å². The van der Waals surface area contributed by atoms with E-state index >= 15 is 0 Å². The molecule has 1 atom stereocenters. The molecule has 2 N–H and O–H groups in total. The van der Waals surface area contributed by atoms with Crippen LogP contribution in [-0.2, 0) is 21.5 Å². The third-order valence-corrected chi connectivity index (χ3v) is 5.60. The number of imide groups is 1. The van der Waals surface area contributed by atoms with E-state index in [1.165, 1.54) is 13.0 Å². The Morgan fingerprint density at radius 2 is 1.87 bits per heavy atom. The molecule has 31 heavy (non-hydrogen) atoms. The molecular formula is C22H19F2N3O4. The van der Waals surface area contributed by atoms with Gasteiger partial charge in [-0.15, -0.1) is 0 Å². The molecule has 0 aromatic heterocycles. The first-order valence-corrected chi connectivity index (χ1v) is 9.74. The molecule has 2 heterocycles. The lowest BCUT2D eigenvalue weighted by Gasteiger charge is -2.22. The molecule has 4 amide bonds. The van der Waals surface area contributed by atoms with Crippen molar-refractivity contribution >= 4 is 29.3 Å². The number of aryl methyl sites for hydroxylation is 1. The number of benzene rings is 2. The number of hydrogen-bond donors (Lipinski definition) is 2. The molecule has 0 spiro atoms. The van der Waals surface area contributed by atoms with Crippen LogP contribution in [0.5, 0.6) is 0 Å². The zero-order chi connectivity index (χ0) is 22.3. The minimum absolute atomic E-state index is 0.0963. The number of anilines is 1. The predicted octanol–water partition coefficient (Wildman–Crippen LogP) is 2.89. The number of nitrogens with zero attached hydrogens (tertiary/aromatic N) is 1. The van der Waals surface area contributed by atoms with Crippen LogP contribution in [-0.4, -0.2) is 35.1 Å². The maximum Gasteiger partial charge on any atom is 0.325 e. The predicted molar refractivity (Wildman–Crippen MR) is 106 cm³/mol. The summed E-state index contributed by atoms with van der Waals surface area (Å²) in [4.78, 5) is 50.5. The minimum atomic E-state index is -1.83. The summed E-state index contributed by atoms with van der Waals surface area (Å²) in [7, 11) is 0. The number of fused-ring (bicyclic) bond motifs is 1. The number of ketones is 1. The first-order valence-electron chi connectivity index (χ1n) is 9.74. The summed E-state index contributed by atoms with van der Waals surface area (Å²) in [5.41, 5.74) is -0.451. The smallest absolute Gasteiger partial charge is 0.325 e. The quantitative estimate of drug-likeness (QED) is 0.579. The Morgan fingerprint density at radius 3 is 2.65 bits per heavy atom. The molecule has 1 unspecified atom stereocenters. The third kappa shape index (κ3) is 3.67. The van der Waals surface area contributed by atoms with Crippen LogP contribution < -0.4 is 10.6 Å². The van der Waals surface area contributed by atoms with Gasteiger partial charge in [0.25, 0.3) is 5.91 Å². The average molecular weight is 427 g/mol. The molecule has 2 aliphatic rings. The standard InChI is InChI=1S/C22H19F2N3O4/c1-22(15-10-14(23)6-7-16(15)24)20(30)27(21(31)26-22)11-18(28)13-5-8-17-12(9-13)3-2-4-19(29)25-17/h5-10H,2-4,11H2,1H3,(H,25,29)(H,26,31). The molecule has 1 fully saturated rings. The molecule has 160 valence electrons. The Balaban J connectivity index is 1.57. The summed E-state index contributed by atoms with van der Waals surface area (Å²) >= 11 is 0. The lowest BCUT2D eigenvalue weighted by Crippen LogP contribution is -2.42. The van der Waals surface area contributed by atoms with Crippen molar-refractivity contribution in [1.29, 1.82) is 0 Å². The molecule has 2 aromatic rings. The Morgan fingerprint density at radius 1 is 1.10 bits per heavy atom. The topological polar surface area (TPSA) is 95.6 Å². The highest BCUT2D eigenvalue weighted by Gasteiger charge is 2.50. The van der Waals surface area contributed by atoms with E-state index in [1.54, 1.807) is 12.1 Å². The first kappa shape index (κ1) is 20.6. The molecule has 0 aliphatic carbocycles. The Bertz CT molecular complexity index is 1130. The third-order valence-electron chi connectivity index (χ3n) is 5.60. The van der Waals surface area contributed by atoms with Crippen LogP contribution in [0, 0.1) is 11.6 Å². The molecular weight excluding hydrogens is 408 g/mol. The average Bonchev–Trinajstić information content (AvgIpc) is 2.85. The summed E-state index contributed by atoms with van der Waals surface area (Å²) < 4.78 is 27.9. The monoisotopic (exact) mass is 427 g/mol. The second-order valence-corrected chi connectivity index (χ2v) is 7.77. The molecule has 2 aliphatic heterocycles. The van der Waals surface area contributed by atoms with Crippen LogP contribution in [0.15, 0.2) is 36.4 Å². The van der Waals surface area contributed by atoms with Gasteiger partial charge in [0.05, 0.1) is 6.54 Å². The van der Waals surface area contributed by atoms with Crippen molar-refractivity contribution in [2.75, 3.05) is 11.9 Å². The van der Waals surface area contributed by atoms with Gasteiger partial charge in [0.15, 0.2) is 5.78 Å². The van der Waals surface area contributed by atoms with Crippen LogP contribution >= 0.6 is 0 Å². The van der Waals surface area contributed by atoms with Gasteiger partial charge < -0.3 is 10.6 Å². The summed E-state index contributed by atoms with van der Waals surface area (Å²) in [6, 6.07) is 6.52. The number of hydrogen-bond acceptors (Lipinski definition) is 4. The second-order valence-electron chi connectivity index (χ2n) is 7.77. The van der Waals surface area contributed by atoms with E-state index in [9.17, 15) is 28.0 Å². The fourth-order valence-corrected chi connectivity index (χ4v) is 3.89. The van der Waals surface area contributed by atoms with Gasteiger partial charge >= 0.3 is 6.03 Å². The number of Topliss-reactive ketones (excluding diaryl/α,β-unsaturated/α-hetero) is 1. The van der Waals surface area contributed by atoms with Gasteiger partial charge in [-0.1, -0.05) is 0 Å². The number of rotatable bonds is 4. The highest BCUT2D eigenvalue weighted by Crippen LogP contribution is 2.31. The van der Waals surface area contributed by atoms with E-state index in [-0.39, 0.29) is 17.0 Å². The van der Waals surface area contributed by atoms with Crippen molar-refractivity contribution in [3.8, 4) is 0 Å². The van der Waals surface area contributed by atoms with Gasteiger partial charge in [-0.05, 0) is 61.7 Å². The Kier molecular flexibility index (Phi) is 5.04. The number of halogens is 2. The molecule has 1 saturated heterocycles. The number of carbonyl (C=O) groups excluding carboxylic acids is 4. The van der Waals surface area contributed by atoms with Crippen molar-refractivity contribution in [3.63, 3.8) is 0 Å². The number of nitrogens with one attached hydrogen (secondary N) is 2. The maximum absolute atomic E-state index is 14.3. The summed E-state index contributed by atoms with van der Waals surface area (Å²) in [5.74, 6) is -3.05. The molecule has 7 nitrogen and oxygen atoms in total. The minimum Gasteiger partial charge on any atom is -0.326 e. The zero-order valence-electron chi connectivity index (χ0n) is 16.6. The van der Waals surface area contributed by atoms with Crippen LogP contribution in [0.4, 0.5) is 19.3 Å². The van der Waals surface area contributed by atoms with Crippen LogP contribution in [0.1, 0.15) is 41.3 Å². The maximum atomic E-state index is 14.3. The fourth-order valence-electron chi connectivity index (χ4n) is 3.89. The number of urea groups is 1. The van der Waals surface area contributed by atoms with Crippen molar-refractivity contribution in [1.82, 2.24) is 10.2 Å². The van der Waals surface area contributed by atoms with Crippen molar-refractivity contribution in [2.45, 2.75) is 31.7 Å². The largest absolute Gasteiger partial charge is 0.326 e. The second kappa shape index (κ2) is 7.57. The van der Waals surface area contributed by atoms with Gasteiger partial charge in [-0.25, -0.2) is 13.6 Å². The van der Waals surface area contributed by atoms with Crippen LogP contribution in [0.25, 0.3) is 0 Å². The summed E-state index contributed by atoms with van der Waals surface area (Å²) in [6.45, 7) is 0.711. The molecule has 9 heteroatoms. The van der Waals surface area contributed by atoms with Crippen molar-refractivity contribution in [2.24, 2.45) is 0 Å². The van der Waals surface area contributed by atoms with Crippen molar-refractivity contribution in [3.05, 3.63) is 64.7 Å². The lowest BCUT2D eigenvalue weighted by atomic mass is 9.91. The normalized spacial score (nSPS) is 20.7. The molecule has 0 radical (unpaired) electrons. The molecule has 0 bridgehead atoms. The van der Waals surface area contributed by atoms with E-state index in [4.69, 9.17) is 0 Å². The molecule has 2 aromatic carbocycles. The highest BCUT2D eigenvalue weighted by atomic mass is 19.1. The van der Waals surface area contributed by atoms with Crippen LogP contribution in [0.3, 0.4) is 0 Å². The SMILES string of the molecule is CC1(c2cc(F)ccc2F)NC(=O)N(CC(=O)c2ccc3c(c2)CCCC(=O)N3)C1=O. The van der Waals surface area contributed by atoms with Gasteiger partial charge in [0.2, 0.25) is 5.91 Å². The molecule has 4 rings (SSSR count).